The molecule has 0 aromatic carbocycles. The van der Waals surface area contributed by atoms with Gasteiger partial charge in [0.15, 0.2) is 0 Å². The fourth-order valence-corrected chi connectivity index (χ4v) is 1.82. The molecule has 1 N–H and O–H groups in total. The van der Waals surface area contributed by atoms with Crippen molar-refractivity contribution in [3.63, 3.8) is 0 Å². The third-order valence-electron chi connectivity index (χ3n) is 2.70. The number of nitrogens with one attached hydrogen (secondary N) is 1. The Bertz CT molecular complexity index is 230. The van der Waals surface area contributed by atoms with Gasteiger partial charge in [0.25, 0.3) is 0 Å². The van der Waals surface area contributed by atoms with Crippen LogP contribution in [0.25, 0.3) is 0 Å². The second-order valence-electron chi connectivity index (χ2n) is 5.98. The van der Waals surface area contributed by atoms with Crippen LogP contribution in [0.1, 0.15) is 41.0 Å². The lowest BCUT2D eigenvalue weighted by atomic mass is 9.96. The van der Waals surface area contributed by atoms with Crippen LogP contribution < -0.4 is 5.32 Å². The van der Waals surface area contributed by atoms with Gasteiger partial charge in [0.2, 0.25) is 5.91 Å². The molecule has 0 bridgehead atoms. The van der Waals surface area contributed by atoms with Crippen molar-refractivity contribution < 1.29 is 4.79 Å². The summed E-state index contributed by atoms with van der Waals surface area (Å²) in [5.74, 6) is 0.288. The Morgan fingerprint density at radius 2 is 2.07 bits per heavy atom. The molecule has 0 saturated carbocycles. The molecular weight excluding hydrogens is 188 g/mol. The van der Waals surface area contributed by atoms with Gasteiger partial charge in [0.1, 0.15) is 0 Å². The van der Waals surface area contributed by atoms with E-state index in [0.29, 0.717) is 18.5 Å². The second-order valence-corrected chi connectivity index (χ2v) is 5.98. The number of nitrogens with zero attached hydrogens (tertiary/aromatic N) is 1. The van der Waals surface area contributed by atoms with E-state index < -0.39 is 0 Å². The van der Waals surface area contributed by atoms with Crippen LogP contribution in [-0.2, 0) is 4.79 Å². The van der Waals surface area contributed by atoms with Crippen molar-refractivity contribution in [1.82, 2.24) is 10.2 Å². The first-order valence-electron chi connectivity index (χ1n) is 5.82. The molecule has 1 saturated heterocycles. The molecule has 88 valence electrons. The highest BCUT2D eigenvalue weighted by atomic mass is 16.2. The van der Waals surface area contributed by atoms with Crippen LogP contribution in [0.2, 0.25) is 0 Å². The maximum Gasteiger partial charge on any atom is 0.224 e. The van der Waals surface area contributed by atoms with Gasteiger partial charge in [0, 0.05) is 31.6 Å². The molecule has 0 aromatic rings. The molecule has 1 aliphatic heterocycles. The largest absolute Gasteiger partial charge is 0.339 e. The summed E-state index contributed by atoms with van der Waals surface area (Å²) in [5.41, 5.74) is 0.286. The lowest BCUT2D eigenvalue weighted by Crippen LogP contribution is -2.39. The molecule has 0 radical (unpaired) electrons. The number of likely N-dealkylation sites (tertiary alicyclic amines) is 1. The Hall–Kier alpha value is -0.570. The molecule has 0 spiro atoms. The molecule has 1 aliphatic rings. The average Bonchev–Trinajstić information content (AvgIpc) is 2.42. The molecule has 1 fully saturated rings. The van der Waals surface area contributed by atoms with Gasteiger partial charge in [-0.2, -0.15) is 0 Å². The van der Waals surface area contributed by atoms with Gasteiger partial charge in [0.05, 0.1) is 0 Å². The molecule has 1 rings (SSSR count). The first-order chi connectivity index (χ1) is 6.79. The first kappa shape index (κ1) is 12.5. The predicted molar refractivity (Wildman–Crippen MR) is 62.7 cm³/mol. The summed E-state index contributed by atoms with van der Waals surface area (Å²) in [7, 11) is 0. The molecule has 3 heteroatoms. The molecular formula is C12H24N2O. The normalized spacial score (nSPS) is 22.9. The number of carbonyl (C=O) groups excluding carboxylic acids is 1. The van der Waals surface area contributed by atoms with E-state index in [0.717, 1.165) is 13.1 Å². The fourth-order valence-electron chi connectivity index (χ4n) is 1.82. The molecule has 15 heavy (non-hydrogen) atoms. The van der Waals surface area contributed by atoms with E-state index in [2.05, 4.69) is 39.9 Å². The maximum absolute atomic E-state index is 11.6. The van der Waals surface area contributed by atoms with E-state index >= 15 is 0 Å². The van der Waals surface area contributed by atoms with Crippen molar-refractivity contribution >= 4 is 5.91 Å². The van der Waals surface area contributed by atoms with Crippen LogP contribution in [0.4, 0.5) is 0 Å². The molecule has 0 aromatic heterocycles. The van der Waals surface area contributed by atoms with Crippen LogP contribution in [0.5, 0.6) is 0 Å². The predicted octanol–water partition coefficient (Wildman–Crippen LogP) is 1.63. The lowest BCUT2D eigenvalue weighted by Gasteiger charge is -2.24. The standard InChI is InChI=1S/C12H24N2O/c1-9(2)14-7-10(6-11(14)15)13-8-12(3,4)5/h9-10,13H,6-8H2,1-5H3. The zero-order valence-corrected chi connectivity index (χ0v) is 10.6. The Morgan fingerprint density at radius 3 is 2.47 bits per heavy atom. The van der Waals surface area contributed by atoms with Gasteiger partial charge in [-0.3, -0.25) is 4.79 Å². The molecule has 3 nitrogen and oxygen atoms in total. The van der Waals surface area contributed by atoms with Crippen LogP contribution in [-0.4, -0.2) is 36.0 Å². The van der Waals surface area contributed by atoms with Gasteiger partial charge >= 0.3 is 0 Å². The van der Waals surface area contributed by atoms with E-state index in [1.165, 1.54) is 0 Å². The fraction of sp³-hybridized carbons (Fsp3) is 0.917. The van der Waals surface area contributed by atoms with E-state index in [1.54, 1.807) is 0 Å². The summed E-state index contributed by atoms with van der Waals surface area (Å²) in [6, 6.07) is 0.679. The van der Waals surface area contributed by atoms with Crippen molar-refractivity contribution in [2.45, 2.75) is 53.1 Å². The summed E-state index contributed by atoms with van der Waals surface area (Å²) in [4.78, 5) is 13.6. The number of hydrogen-bond donors (Lipinski definition) is 1. The third-order valence-corrected chi connectivity index (χ3v) is 2.70. The van der Waals surface area contributed by atoms with E-state index in [-0.39, 0.29) is 11.3 Å². The Balaban J connectivity index is 2.39. The highest BCUT2D eigenvalue weighted by molar-refractivity contribution is 5.79. The number of hydrogen-bond acceptors (Lipinski definition) is 2. The molecule has 1 amide bonds. The average molecular weight is 212 g/mol. The van der Waals surface area contributed by atoms with E-state index in [4.69, 9.17) is 0 Å². The van der Waals surface area contributed by atoms with Crippen molar-refractivity contribution in [1.29, 1.82) is 0 Å². The Morgan fingerprint density at radius 1 is 1.47 bits per heavy atom. The third kappa shape index (κ3) is 3.82. The summed E-state index contributed by atoms with van der Waals surface area (Å²) >= 11 is 0. The van der Waals surface area contributed by atoms with Crippen LogP contribution in [0.3, 0.4) is 0 Å². The van der Waals surface area contributed by atoms with Crippen molar-refractivity contribution in [2.24, 2.45) is 5.41 Å². The monoisotopic (exact) mass is 212 g/mol. The van der Waals surface area contributed by atoms with Gasteiger partial charge in [-0.05, 0) is 19.3 Å². The van der Waals surface area contributed by atoms with Gasteiger partial charge < -0.3 is 10.2 Å². The van der Waals surface area contributed by atoms with Crippen LogP contribution >= 0.6 is 0 Å². The molecule has 0 aliphatic carbocycles. The minimum atomic E-state index is 0.286. The highest BCUT2D eigenvalue weighted by Crippen LogP contribution is 2.16. The molecule has 1 atom stereocenters. The summed E-state index contributed by atoms with van der Waals surface area (Å²) in [5, 5.41) is 3.47. The van der Waals surface area contributed by atoms with Crippen molar-refractivity contribution in [3.05, 3.63) is 0 Å². The second kappa shape index (κ2) is 4.52. The summed E-state index contributed by atoms with van der Waals surface area (Å²) in [6.07, 6.45) is 0.661. The number of amides is 1. The summed E-state index contributed by atoms with van der Waals surface area (Å²) < 4.78 is 0. The van der Waals surface area contributed by atoms with E-state index in [1.807, 2.05) is 4.90 Å². The minimum Gasteiger partial charge on any atom is -0.339 e. The van der Waals surface area contributed by atoms with Crippen molar-refractivity contribution in [3.8, 4) is 0 Å². The van der Waals surface area contributed by atoms with Crippen molar-refractivity contribution in [2.75, 3.05) is 13.1 Å². The molecule has 1 heterocycles. The Kier molecular flexibility index (Phi) is 3.77. The SMILES string of the molecule is CC(C)N1CC(NCC(C)(C)C)CC1=O. The highest BCUT2D eigenvalue weighted by Gasteiger charge is 2.31. The van der Waals surface area contributed by atoms with Gasteiger partial charge in [-0.15, -0.1) is 0 Å². The van der Waals surface area contributed by atoms with Gasteiger partial charge in [-0.25, -0.2) is 0 Å². The zero-order valence-electron chi connectivity index (χ0n) is 10.6. The molecule has 1 unspecified atom stereocenters. The zero-order chi connectivity index (χ0) is 11.6. The Labute approximate surface area is 93.2 Å². The number of carbonyl (C=O) groups is 1. The van der Waals surface area contributed by atoms with Crippen LogP contribution in [0.15, 0.2) is 0 Å². The van der Waals surface area contributed by atoms with Gasteiger partial charge in [-0.1, -0.05) is 20.8 Å². The first-order valence-corrected chi connectivity index (χ1v) is 5.82. The van der Waals surface area contributed by atoms with Crippen LogP contribution in [0, 0.1) is 5.41 Å². The maximum atomic E-state index is 11.6. The topological polar surface area (TPSA) is 32.3 Å². The lowest BCUT2D eigenvalue weighted by molar-refractivity contribution is -0.129. The summed E-state index contributed by atoms with van der Waals surface area (Å²) in [6.45, 7) is 12.6. The smallest absolute Gasteiger partial charge is 0.224 e. The minimum absolute atomic E-state index is 0.286. The quantitative estimate of drug-likeness (QED) is 0.771. The number of rotatable bonds is 3. The van der Waals surface area contributed by atoms with E-state index in [9.17, 15) is 4.79 Å².